The van der Waals surface area contributed by atoms with Crippen molar-refractivity contribution >= 4 is 6.03 Å². The van der Waals surface area contributed by atoms with Crippen molar-refractivity contribution in [1.29, 1.82) is 0 Å². The predicted molar refractivity (Wildman–Crippen MR) is 97.5 cm³/mol. The van der Waals surface area contributed by atoms with E-state index in [4.69, 9.17) is 4.74 Å². The van der Waals surface area contributed by atoms with E-state index in [1.54, 1.807) is 23.2 Å². The van der Waals surface area contributed by atoms with Crippen LogP contribution in [0.1, 0.15) is 30.9 Å². The third-order valence-corrected chi connectivity index (χ3v) is 4.72. The van der Waals surface area contributed by atoms with Crippen LogP contribution in [0.5, 0.6) is 5.75 Å². The third kappa shape index (κ3) is 4.12. The van der Waals surface area contributed by atoms with Crippen LogP contribution in [-0.4, -0.2) is 35.6 Å². The maximum absolute atomic E-state index is 14.1. The normalized spacial score (nSPS) is 15.0. The number of fused-ring (bicyclic) bond motifs is 1. The molecule has 2 aromatic rings. The molecular formula is C20H24FN3O2. The summed E-state index contributed by atoms with van der Waals surface area (Å²) in [6.45, 7) is 5.71. The van der Waals surface area contributed by atoms with E-state index < -0.39 is 0 Å². The molecule has 5 nitrogen and oxygen atoms in total. The molecule has 0 saturated carbocycles. The zero-order chi connectivity index (χ0) is 18.5. The number of nitrogens with zero attached hydrogens (tertiary/aromatic N) is 2. The molecule has 0 aliphatic carbocycles. The van der Waals surface area contributed by atoms with Gasteiger partial charge in [0, 0.05) is 30.4 Å². The van der Waals surface area contributed by atoms with E-state index in [0.29, 0.717) is 36.9 Å². The second-order valence-electron chi connectivity index (χ2n) is 6.81. The number of pyridine rings is 1. The summed E-state index contributed by atoms with van der Waals surface area (Å²) in [5.41, 5.74) is 1.52. The lowest BCUT2D eigenvalue weighted by atomic mass is 9.89. The molecule has 1 unspecified atom stereocenters. The molecule has 0 bridgehead atoms. The van der Waals surface area contributed by atoms with Gasteiger partial charge in [-0.3, -0.25) is 4.98 Å². The monoisotopic (exact) mass is 357 g/mol. The topological polar surface area (TPSA) is 54.5 Å². The van der Waals surface area contributed by atoms with Gasteiger partial charge in [0.2, 0.25) is 0 Å². The van der Waals surface area contributed by atoms with Crippen molar-refractivity contribution in [2.75, 3.05) is 19.7 Å². The van der Waals surface area contributed by atoms with Crippen LogP contribution in [0.2, 0.25) is 0 Å². The number of hydrogen-bond donors (Lipinski definition) is 1. The quantitative estimate of drug-likeness (QED) is 0.910. The van der Waals surface area contributed by atoms with Gasteiger partial charge in [-0.1, -0.05) is 26.0 Å². The highest BCUT2D eigenvalue weighted by Crippen LogP contribution is 2.26. The van der Waals surface area contributed by atoms with Crippen molar-refractivity contribution in [2.24, 2.45) is 5.92 Å². The third-order valence-electron chi connectivity index (χ3n) is 4.72. The highest BCUT2D eigenvalue weighted by atomic mass is 19.1. The number of nitrogens with one attached hydrogen (secondary N) is 1. The molecule has 1 N–H and O–H groups in total. The Balaban J connectivity index is 1.67. The Hall–Kier alpha value is -2.63. The van der Waals surface area contributed by atoms with Gasteiger partial charge in [-0.2, -0.15) is 0 Å². The molecule has 0 fully saturated rings. The van der Waals surface area contributed by atoms with Crippen molar-refractivity contribution in [3.63, 3.8) is 0 Å². The summed E-state index contributed by atoms with van der Waals surface area (Å²) in [5.74, 6) is 0.679. The molecule has 2 amide bonds. The summed E-state index contributed by atoms with van der Waals surface area (Å²) in [5, 5.41) is 2.99. The van der Waals surface area contributed by atoms with Gasteiger partial charge in [-0.25, -0.2) is 9.18 Å². The van der Waals surface area contributed by atoms with Gasteiger partial charge in [0.1, 0.15) is 18.2 Å². The Morgan fingerprint density at radius 3 is 2.92 bits per heavy atom. The van der Waals surface area contributed by atoms with Crippen molar-refractivity contribution in [3.05, 3.63) is 59.7 Å². The molecule has 26 heavy (non-hydrogen) atoms. The molecule has 6 heteroatoms. The van der Waals surface area contributed by atoms with Crippen LogP contribution in [0, 0.1) is 11.7 Å². The molecule has 138 valence electrons. The minimum absolute atomic E-state index is 0.167. The number of hydrogen-bond acceptors (Lipinski definition) is 3. The number of benzene rings is 1. The van der Waals surface area contributed by atoms with Crippen molar-refractivity contribution in [2.45, 2.75) is 26.3 Å². The maximum Gasteiger partial charge on any atom is 0.317 e. The standard InChI is InChI=1S/C20H24FN3O2/c1-14(2)16(15-5-4-8-22-11-15)12-23-20(25)24-9-10-26-19-7-3-6-18(21)17(19)13-24/h3-8,11,14,16H,9-10,12-13H2,1-2H3,(H,23,25). The van der Waals surface area contributed by atoms with Crippen LogP contribution in [-0.2, 0) is 6.54 Å². The van der Waals surface area contributed by atoms with E-state index in [0.717, 1.165) is 5.56 Å². The Morgan fingerprint density at radius 2 is 2.19 bits per heavy atom. The average molecular weight is 357 g/mol. The van der Waals surface area contributed by atoms with Gasteiger partial charge in [0.25, 0.3) is 0 Å². The zero-order valence-electron chi connectivity index (χ0n) is 15.1. The van der Waals surface area contributed by atoms with Gasteiger partial charge in [0.05, 0.1) is 13.1 Å². The van der Waals surface area contributed by atoms with Gasteiger partial charge in [0.15, 0.2) is 0 Å². The van der Waals surface area contributed by atoms with E-state index in [1.165, 1.54) is 6.07 Å². The Morgan fingerprint density at radius 1 is 1.35 bits per heavy atom. The fourth-order valence-electron chi connectivity index (χ4n) is 3.18. The summed E-state index contributed by atoms with van der Waals surface area (Å²) >= 11 is 0. The van der Waals surface area contributed by atoms with Crippen LogP contribution >= 0.6 is 0 Å². The van der Waals surface area contributed by atoms with Gasteiger partial charge in [-0.15, -0.1) is 0 Å². The van der Waals surface area contributed by atoms with E-state index in [1.807, 2.05) is 18.3 Å². The lowest BCUT2D eigenvalue weighted by Crippen LogP contribution is -2.42. The maximum atomic E-state index is 14.1. The number of rotatable bonds is 4. The van der Waals surface area contributed by atoms with Gasteiger partial charge < -0.3 is 15.0 Å². The van der Waals surface area contributed by atoms with Crippen LogP contribution in [0.4, 0.5) is 9.18 Å². The smallest absolute Gasteiger partial charge is 0.317 e. The minimum atomic E-state index is -0.349. The first-order valence-electron chi connectivity index (χ1n) is 8.89. The largest absolute Gasteiger partial charge is 0.491 e. The first-order valence-corrected chi connectivity index (χ1v) is 8.89. The lowest BCUT2D eigenvalue weighted by molar-refractivity contribution is 0.186. The number of aromatic nitrogens is 1. The molecule has 1 aromatic heterocycles. The molecule has 2 heterocycles. The molecule has 1 aromatic carbocycles. The number of carbonyl (C=O) groups is 1. The predicted octanol–water partition coefficient (Wildman–Crippen LogP) is 3.56. The summed E-state index contributed by atoms with van der Waals surface area (Å²) in [4.78, 5) is 18.4. The first-order chi connectivity index (χ1) is 12.6. The molecular weight excluding hydrogens is 333 g/mol. The van der Waals surface area contributed by atoms with E-state index in [-0.39, 0.29) is 24.3 Å². The molecule has 0 radical (unpaired) electrons. The van der Waals surface area contributed by atoms with E-state index in [9.17, 15) is 9.18 Å². The Kier molecular flexibility index (Phi) is 5.71. The summed E-state index contributed by atoms with van der Waals surface area (Å²) in [6.07, 6.45) is 3.57. The van der Waals surface area contributed by atoms with Crippen LogP contribution in [0.25, 0.3) is 0 Å². The van der Waals surface area contributed by atoms with E-state index >= 15 is 0 Å². The summed E-state index contributed by atoms with van der Waals surface area (Å²) in [6, 6.07) is 8.45. The van der Waals surface area contributed by atoms with Gasteiger partial charge >= 0.3 is 6.03 Å². The fourth-order valence-corrected chi connectivity index (χ4v) is 3.18. The minimum Gasteiger partial charge on any atom is -0.491 e. The number of amides is 2. The SMILES string of the molecule is CC(C)C(CNC(=O)N1CCOc2cccc(F)c2C1)c1cccnc1. The number of urea groups is 1. The Labute approximate surface area is 153 Å². The summed E-state index contributed by atoms with van der Waals surface area (Å²) in [7, 11) is 0. The average Bonchev–Trinajstić information content (AvgIpc) is 2.86. The van der Waals surface area contributed by atoms with Crippen molar-refractivity contribution in [3.8, 4) is 5.75 Å². The second-order valence-corrected chi connectivity index (χ2v) is 6.81. The highest BCUT2D eigenvalue weighted by Gasteiger charge is 2.23. The molecule has 1 atom stereocenters. The van der Waals surface area contributed by atoms with Crippen molar-refractivity contribution < 1.29 is 13.9 Å². The number of halogens is 1. The molecule has 3 rings (SSSR count). The molecule has 0 spiro atoms. The number of carbonyl (C=O) groups excluding carboxylic acids is 1. The van der Waals surface area contributed by atoms with Crippen molar-refractivity contribution in [1.82, 2.24) is 15.2 Å². The second kappa shape index (κ2) is 8.17. The molecule has 0 saturated heterocycles. The fraction of sp³-hybridized carbons (Fsp3) is 0.400. The molecule has 1 aliphatic heterocycles. The summed E-state index contributed by atoms with van der Waals surface area (Å²) < 4.78 is 19.7. The van der Waals surface area contributed by atoms with Crippen LogP contribution < -0.4 is 10.1 Å². The van der Waals surface area contributed by atoms with E-state index in [2.05, 4.69) is 24.1 Å². The first kappa shape index (κ1) is 18.2. The molecule has 1 aliphatic rings. The number of ether oxygens (including phenoxy) is 1. The van der Waals surface area contributed by atoms with Gasteiger partial charge in [-0.05, 0) is 29.7 Å². The van der Waals surface area contributed by atoms with Crippen LogP contribution in [0.3, 0.4) is 0 Å². The zero-order valence-corrected chi connectivity index (χ0v) is 15.1. The van der Waals surface area contributed by atoms with Crippen LogP contribution in [0.15, 0.2) is 42.7 Å². The Bertz CT molecular complexity index is 752. The lowest BCUT2D eigenvalue weighted by Gasteiger charge is -2.25. The highest BCUT2D eigenvalue weighted by molar-refractivity contribution is 5.74.